The first-order valence-electron chi connectivity index (χ1n) is 11.4. The summed E-state index contributed by atoms with van der Waals surface area (Å²) in [6, 6.07) is 0. The lowest BCUT2D eigenvalue weighted by molar-refractivity contribution is -0.0469. The second kappa shape index (κ2) is 11.3. The number of nitrogens with zero attached hydrogens (tertiary/aromatic N) is 5. The molecule has 4 N–H and O–H groups in total. The minimum Gasteiger partial charge on any atom is -0.487 e. The lowest BCUT2D eigenvalue weighted by atomic mass is 10.1. The molecule has 0 bridgehead atoms. The molecule has 0 spiro atoms. The van der Waals surface area contributed by atoms with E-state index in [0.29, 0.717) is 54.6 Å². The molecule has 1 unspecified atom stereocenters. The highest BCUT2D eigenvalue weighted by Crippen LogP contribution is 2.29. The highest BCUT2D eigenvalue weighted by atomic mass is 16.8. The van der Waals surface area contributed by atoms with Crippen molar-refractivity contribution in [2.75, 3.05) is 19.7 Å². The lowest BCUT2D eigenvalue weighted by Gasteiger charge is -2.28. The van der Waals surface area contributed by atoms with Gasteiger partial charge in [-0.3, -0.25) is 0 Å². The van der Waals surface area contributed by atoms with Crippen LogP contribution in [0.5, 0.6) is 5.75 Å². The predicted molar refractivity (Wildman–Crippen MR) is 130 cm³/mol. The molecule has 2 aromatic heterocycles. The summed E-state index contributed by atoms with van der Waals surface area (Å²) in [5, 5.41) is 21.0. The lowest BCUT2D eigenvalue weighted by Crippen LogP contribution is -2.45. The van der Waals surface area contributed by atoms with Crippen molar-refractivity contribution in [3.63, 3.8) is 0 Å². The largest absolute Gasteiger partial charge is 0.487 e. The van der Waals surface area contributed by atoms with Crippen LogP contribution in [0.15, 0.2) is 16.5 Å². The first-order chi connectivity index (χ1) is 16.3. The fraction of sp³-hybridized carbons (Fsp3) is 0.565. The summed E-state index contributed by atoms with van der Waals surface area (Å²) >= 11 is 0. The average molecular weight is 472 g/mol. The number of morpholine rings is 1. The third-order valence-electron chi connectivity index (χ3n) is 5.04. The van der Waals surface area contributed by atoms with E-state index < -0.39 is 5.60 Å². The minimum absolute atomic E-state index is 0.0822. The van der Waals surface area contributed by atoms with Gasteiger partial charge in [0.05, 0.1) is 12.3 Å². The van der Waals surface area contributed by atoms with E-state index in [4.69, 9.17) is 25.1 Å². The normalized spacial score (nSPS) is 19.3. The molecule has 184 valence electrons. The van der Waals surface area contributed by atoms with E-state index in [9.17, 15) is 5.11 Å². The second-order valence-electron chi connectivity index (χ2n) is 8.42. The maximum Gasteiger partial charge on any atom is 0.163 e. The van der Waals surface area contributed by atoms with Gasteiger partial charge in [-0.15, -0.1) is 0 Å². The Morgan fingerprint density at radius 1 is 1.44 bits per heavy atom. The smallest absolute Gasteiger partial charge is 0.163 e. The van der Waals surface area contributed by atoms with Crippen molar-refractivity contribution < 1.29 is 19.5 Å². The fourth-order valence-corrected chi connectivity index (χ4v) is 3.57. The Kier molecular flexibility index (Phi) is 8.44. The number of hydrogen-bond donors (Lipinski definition) is 3. The van der Waals surface area contributed by atoms with Gasteiger partial charge in [0, 0.05) is 19.6 Å². The molecule has 1 aliphatic rings. The maximum absolute atomic E-state index is 10.1. The minimum atomic E-state index is -1.18. The van der Waals surface area contributed by atoms with Gasteiger partial charge in [-0.1, -0.05) is 18.0 Å². The SMILES string of the molecule is CC/C(=N\O/N=C/N)c1nc2c(C#CC(C)(C)O)ncc(OC[C@@H]3CNCC(C)O3)c2n1CC. The Bertz CT molecular complexity index is 1110. The van der Waals surface area contributed by atoms with Crippen molar-refractivity contribution in [1.82, 2.24) is 19.9 Å². The Hall–Kier alpha value is -3.20. The monoisotopic (exact) mass is 471 g/mol. The van der Waals surface area contributed by atoms with Gasteiger partial charge in [0.25, 0.3) is 0 Å². The zero-order valence-electron chi connectivity index (χ0n) is 20.3. The Morgan fingerprint density at radius 2 is 2.24 bits per heavy atom. The molecule has 2 aromatic rings. The molecule has 0 saturated carbocycles. The van der Waals surface area contributed by atoms with E-state index in [1.165, 1.54) is 0 Å². The summed E-state index contributed by atoms with van der Waals surface area (Å²) in [4.78, 5) is 14.2. The topological polar surface area (TPSA) is 141 Å². The zero-order valence-corrected chi connectivity index (χ0v) is 20.3. The first-order valence-corrected chi connectivity index (χ1v) is 11.4. The number of aryl methyl sites for hydroxylation is 1. The van der Waals surface area contributed by atoms with Gasteiger partial charge < -0.3 is 30.2 Å². The maximum atomic E-state index is 10.1. The molecule has 11 nitrogen and oxygen atoms in total. The van der Waals surface area contributed by atoms with Crippen molar-refractivity contribution in [2.45, 2.75) is 65.4 Å². The molecule has 3 heterocycles. The summed E-state index contributed by atoms with van der Waals surface area (Å²) in [5.41, 5.74) is 6.35. The van der Waals surface area contributed by atoms with Gasteiger partial charge in [0.2, 0.25) is 0 Å². The number of ether oxygens (including phenoxy) is 2. The fourth-order valence-electron chi connectivity index (χ4n) is 3.57. The van der Waals surface area contributed by atoms with Crippen LogP contribution < -0.4 is 15.8 Å². The Morgan fingerprint density at radius 3 is 2.88 bits per heavy atom. The molecule has 2 atom stereocenters. The van der Waals surface area contributed by atoms with Crippen molar-refractivity contribution in [2.24, 2.45) is 16.0 Å². The number of nitrogens with two attached hydrogens (primary N) is 1. The summed E-state index contributed by atoms with van der Waals surface area (Å²) < 4.78 is 14.1. The van der Waals surface area contributed by atoms with Crippen LogP contribution in [0.25, 0.3) is 11.0 Å². The van der Waals surface area contributed by atoms with Gasteiger partial charge in [-0.25, -0.2) is 14.9 Å². The van der Waals surface area contributed by atoms with Crippen molar-refractivity contribution in [3.8, 4) is 17.6 Å². The number of aromatic nitrogens is 3. The van der Waals surface area contributed by atoms with Crippen LogP contribution >= 0.6 is 0 Å². The molecule has 1 fully saturated rings. The number of imidazole rings is 1. The first kappa shape index (κ1) is 25.4. The molecule has 1 aliphatic heterocycles. The molecular formula is C23H33N7O4. The highest BCUT2D eigenvalue weighted by molar-refractivity contribution is 6.01. The van der Waals surface area contributed by atoms with Crippen molar-refractivity contribution >= 4 is 23.1 Å². The van der Waals surface area contributed by atoms with Crippen molar-refractivity contribution in [1.29, 1.82) is 0 Å². The molecule has 11 heteroatoms. The highest BCUT2D eigenvalue weighted by Gasteiger charge is 2.24. The van der Waals surface area contributed by atoms with E-state index in [-0.39, 0.29) is 12.2 Å². The Labute approximate surface area is 199 Å². The van der Waals surface area contributed by atoms with Gasteiger partial charge in [0.1, 0.15) is 47.1 Å². The quantitative estimate of drug-likeness (QED) is 0.227. The number of pyridine rings is 1. The number of fused-ring (bicyclic) bond motifs is 1. The number of aliphatic hydroxyl groups is 1. The molecule has 0 radical (unpaired) electrons. The van der Waals surface area contributed by atoms with E-state index in [1.54, 1.807) is 20.0 Å². The number of hydrogen-bond acceptors (Lipinski definition) is 9. The van der Waals surface area contributed by atoms with E-state index in [2.05, 4.69) is 32.5 Å². The summed E-state index contributed by atoms with van der Waals surface area (Å²) in [7, 11) is 0. The van der Waals surface area contributed by atoms with Gasteiger partial charge in [-0.05, 0) is 45.2 Å². The molecular weight excluding hydrogens is 438 g/mol. The number of nitrogens with one attached hydrogen (secondary N) is 1. The Balaban J connectivity index is 2.10. The van der Waals surface area contributed by atoms with Crippen LogP contribution in [0, 0.1) is 11.8 Å². The molecule has 1 saturated heterocycles. The van der Waals surface area contributed by atoms with E-state index in [0.717, 1.165) is 18.4 Å². The standard InChI is InChI=1S/C23H33N7O4/c1-6-17(29-34-27-14-24)22-28-20-18(8-9-23(4,5)31)26-12-19(21(20)30(22)7-2)32-13-16-11-25-10-15(3)33-16/h12,14-16,25,31H,6-7,10-11,13H2,1-5H3,(H2,24,27)/b29-17+/t15?,16-/m0/s1. The summed E-state index contributed by atoms with van der Waals surface area (Å²) in [6.07, 6.45) is 3.22. The van der Waals surface area contributed by atoms with E-state index in [1.807, 2.05) is 25.3 Å². The molecule has 0 aliphatic carbocycles. The summed E-state index contributed by atoms with van der Waals surface area (Å²) in [6.45, 7) is 11.7. The van der Waals surface area contributed by atoms with Crippen LogP contribution in [0.3, 0.4) is 0 Å². The molecule has 0 amide bonds. The van der Waals surface area contributed by atoms with Crippen LogP contribution in [-0.4, -0.2) is 69.2 Å². The van der Waals surface area contributed by atoms with Crippen molar-refractivity contribution in [3.05, 3.63) is 17.7 Å². The van der Waals surface area contributed by atoms with Crippen LogP contribution in [-0.2, 0) is 16.2 Å². The van der Waals surface area contributed by atoms with Crippen LogP contribution in [0.1, 0.15) is 52.6 Å². The van der Waals surface area contributed by atoms with Crippen LogP contribution in [0.2, 0.25) is 0 Å². The van der Waals surface area contributed by atoms with Gasteiger partial charge >= 0.3 is 0 Å². The molecule has 0 aromatic carbocycles. The third-order valence-corrected chi connectivity index (χ3v) is 5.04. The third kappa shape index (κ3) is 6.22. The van der Waals surface area contributed by atoms with Gasteiger partial charge in [0.15, 0.2) is 11.6 Å². The van der Waals surface area contributed by atoms with Crippen LogP contribution in [0.4, 0.5) is 0 Å². The molecule has 3 rings (SSSR count). The van der Waals surface area contributed by atoms with Gasteiger partial charge in [-0.2, -0.15) is 0 Å². The predicted octanol–water partition coefficient (Wildman–Crippen LogP) is 1.36. The zero-order chi connectivity index (χ0) is 24.7. The van der Waals surface area contributed by atoms with E-state index >= 15 is 0 Å². The second-order valence-corrected chi connectivity index (χ2v) is 8.42. The number of rotatable bonds is 8. The summed E-state index contributed by atoms with van der Waals surface area (Å²) in [5.74, 6) is 6.90. The average Bonchev–Trinajstić information content (AvgIpc) is 3.19. The molecule has 34 heavy (non-hydrogen) atoms. The number of oxime groups is 2.